The largest absolute Gasteiger partial charge is 0.497 e. The van der Waals surface area contributed by atoms with Crippen molar-refractivity contribution < 1.29 is 4.74 Å². The van der Waals surface area contributed by atoms with E-state index in [0.717, 1.165) is 18.2 Å². The maximum Gasteiger partial charge on any atom is 0.118 e. The van der Waals surface area contributed by atoms with Crippen LogP contribution in [0.2, 0.25) is 0 Å². The topological polar surface area (TPSA) is 21.3 Å². The predicted molar refractivity (Wildman–Crippen MR) is 84.3 cm³/mol. The number of benzene rings is 1. The van der Waals surface area contributed by atoms with Gasteiger partial charge in [0.05, 0.1) is 7.11 Å². The summed E-state index contributed by atoms with van der Waals surface area (Å²) in [5, 5.41) is 3.77. The monoisotopic (exact) mass is 279 g/mol. The molecule has 2 nitrogen and oxygen atoms in total. The molecule has 19 heavy (non-hydrogen) atoms. The van der Waals surface area contributed by atoms with Crippen molar-refractivity contribution >= 4 is 11.8 Å². The van der Waals surface area contributed by atoms with E-state index in [-0.39, 0.29) is 0 Å². The van der Waals surface area contributed by atoms with E-state index in [4.69, 9.17) is 4.74 Å². The Kier molecular flexibility index (Phi) is 6.05. The van der Waals surface area contributed by atoms with Gasteiger partial charge in [-0.1, -0.05) is 12.1 Å². The Morgan fingerprint density at radius 3 is 2.79 bits per heavy atom. The molecule has 1 heterocycles. The van der Waals surface area contributed by atoms with E-state index in [1.807, 2.05) is 12.1 Å². The molecule has 1 aromatic rings. The second kappa shape index (κ2) is 7.81. The molecule has 0 amide bonds. The van der Waals surface area contributed by atoms with Gasteiger partial charge < -0.3 is 10.1 Å². The first-order chi connectivity index (χ1) is 9.28. The van der Waals surface area contributed by atoms with Crippen LogP contribution in [0, 0.1) is 0 Å². The van der Waals surface area contributed by atoms with E-state index in [1.54, 1.807) is 7.11 Å². The quantitative estimate of drug-likeness (QED) is 0.861. The Bertz CT molecular complexity index is 360. The smallest absolute Gasteiger partial charge is 0.118 e. The van der Waals surface area contributed by atoms with Crippen LogP contribution in [-0.4, -0.2) is 30.7 Å². The molecule has 1 aliphatic rings. The lowest BCUT2D eigenvalue weighted by molar-refractivity contribution is 0.414. The lowest BCUT2D eigenvalue weighted by Crippen LogP contribution is -2.40. The van der Waals surface area contributed by atoms with Crippen LogP contribution in [0.4, 0.5) is 0 Å². The fourth-order valence-corrected chi connectivity index (χ4v) is 3.62. The molecule has 1 N–H and O–H groups in total. The van der Waals surface area contributed by atoms with Gasteiger partial charge in [0.25, 0.3) is 0 Å². The zero-order valence-corrected chi connectivity index (χ0v) is 12.8. The number of ether oxygens (including phenoxy) is 1. The second-order valence-electron chi connectivity index (χ2n) is 5.37. The first kappa shape index (κ1) is 14.7. The van der Waals surface area contributed by atoms with Crippen molar-refractivity contribution in [2.45, 2.75) is 44.7 Å². The average molecular weight is 279 g/mol. The van der Waals surface area contributed by atoms with Crippen LogP contribution in [0.25, 0.3) is 0 Å². The van der Waals surface area contributed by atoms with E-state index in [1.165, 1.54) is 36.3 Å². The summed E-state index contributed by atoms with van der Waals surface area (Å²) < 4.78 is 5.18. The standard InChI is InChI=1S/C16H25NOS/c1-13(17-15-4-3-11-19-12-15)5-6-14-7-9-16(18-2)10-8-14/h7-10,13,15,17H,3-6,11-12H2,1-2H3. The van der Waals surface area contributed by atoms with E-state index >= 15 is 0 Å². The van der Waals surface area contributed by atoms with E-state index in [2.05, 4.69) is 36.1 Å². The van der Waals surface area contributed by atoms with E-state index < -0.39 is 0 Å². The first-order valence-corrected chi connectivity index (χ1v) is 8.40. The Morgan fingerprint density at radius 1 is 1.37 bits per heavy atom. The van der Waals surface area contributed by atoms with Crippen molar-refractivity contribution in [3.63, 3.8) is 0 Å². The lowest BCUT2D eigenvalue weighted by Gasteiger charge is -2.26. The molecular weight excluding hydrogens is 254 g/mol. The molecule has 2 rings (SSSR count). The number of nitrogens with one attached hydrogen (secondary N) is 1. The molecule has 0 radical (unpaired) electrons. The van der Waals surface area contributed by atoms with Gasteiger partial charge in [-0.2, -0.15) is 11.8 Å². The molecule has 3 heteroatoms. The van der Waals surface area contributed by atoms with E-state index in [0.29, 0.717) is 6.04 Å². The first-order valence-electron chi connectivity index (χ1n) is 7.24. The minimum Gasteiger partial charge on any atom is -0.497 e. The number of aryl methyl sites for hydroxylation is 1. The number of hydrogen-bond donors (Lipinski definition) is 1. The van der Waals surface area contributed by atoms with Crippen LogP contribution in [-0.2, 0) is 6.42 Å². The minimum absolute atomic E-state index is 0.603. The molecule has 1 saturated heterocycles. The summed E-state index contributed by atoms with van der Waals surface area (Å²) in [5.41, 5.74) is 1.40. The average Bonchev–Trinajstić information content (AvgIpc) is 2.47. The zero-order chi connectivity index (χ0) is 13.5. The molecule has 106 valence electrons. The fraction of sp³-hybridized carbons (Fsp3) is 0.625. The summed E-state index contributed by atoms with van der Waals surface area (Å²) >= 11 is 2.09. The zero-order valence-electron chi connectivity index (χ0n) is 12.0. The van der Waals surface area contributed by atoms with Crippen molar-refractivity contribution in [3.05, 3.63) is 29.8 Å². The van der Waals surface area contributed by atoms with Gasteiger partial charge in [0.1, 0.15) is 5.75 Å². The third-order valence-corrected chi connectivity index (χ3v) is 4.92. The Labute approximate surface area is 121 Å². The van der Waals surface area contributed by atoms with Gasteiger partial charge in [0.15, 0.2) is 0 Å². The van der Waals surface area contributed by atoms with Crippen LogP contribution < -0.4 is 10.1 Å². The van der Waals surface area contributed by atoms with Crippen molar-refractivity contribution in [1.29, 1.82) is 0 Å². The van der Waals surface area contributed by atoms with Crippen molar-refractivity contribution in [2.24, 2.45) is 0 Å². The minimum atomic E-state index is 0.603. The molecular formula is C16H25NOS. The van der Waals surface area contributed by atoms with Gasteiger partial charge in [-0.25, -0.2) is 0 Å². The molecule has 0 bridgehead atoms. The van der Waals surface area contributed by atoms with Gasteiger partial charge in [-0.15, -0.1) is 0 Å². The fourth-order valence-electron chi connectivity index (χ4n) is 2.53. The Morgan fingerprint density at radius 2 is 2.16 bits per heavy atom. The number of rotatable bonds is 6. The molecule has 2 unspecified atom stereocenters. The van der Waals surface area contributed by atoms with Crippen LogP contribution in [0.1, 0.15) is 31.7 Å². The Hall–Kier alpha value is -0.670. The van der Waals surface area contributed by atoms with Gasteiger partial charge in [-0.05, 0) is 56.1 Å². The maximum absolute atomic E-state index is 5.18. The SMILES string of the molecule is COc1ccc(CCC(C)NC2CCCSC2)cc1. The molecule has 1 aromatic carbocycles. The molecule has 2 atom stereocenters. The third kappa shape index (κ3) is 5.07. The van der Waals surface area contributed by atoms with Gasteiger partial charge in [0, 0.05) is 17.8 Å². The Balaban J connectivity index is 1.71. The van der Waals surface area contributed by atoms with Crippen LogP contribution in [0.5, 0.6) is 5.75 Å². The summed E-state index contributed by atoms with van der Waals surface area (Å²) in [7, 11) is 1.71. The van der Waals surface area contributed by atoms with Crippen molar-refractivity contribution in [3.8, 4) is 5.75 Å². The highest BCUT2D eigenvalue weighted by molar-refractivity contribution is 7.99. The molecule has 0 aromatic heterocycles. The predicted octanol–water partition coefficient (Wildman–Crippen LogP) is 3.50. The highest BCUT2D eigenvalue weighted by Gasteiger charge is 2.15. The molecule has 0 spiro atoms. The lowest BCUT2D eigenvalue weighted by atomic mass is 10.0. The van der Waals surface area contributed by atoms with Gasteiger partial charge in [-0.3, -0.25) is 0 Å². The van der Waals surface area contributed by atoms with E-state index in [9.17, 15) is 0 Å². The van der Waals surface area contributed by atoms with Crippen LogP contribution in [0.15, 0.2) is 24.3 Å². The van der Waals surface area contributed by atoms with Crippen LogP contribution in [0.3, 0.4) is 0 Å². The highest BCUT2D eigenvalue weighted by atomic mass is 32.2. The van der Waals surface area contributed by atoms with Crippen molar-refractivity contribution in [2.75, 3.05) is 18.6 Å². The summed E-state index contributed by atoms with van der Waals surface area (Å²) in [6, 6.07) is 9.76. The summed E-state index contributed by atoms with van der Waals surface area (Å²) in [4.78, 5) is 0. The highest BCUT2D eigenvalue weighted by Crippen LogP contribution is 2.18. The molecule has 1 aliphatic heterocycles. The molecule has 1 fully saturated rings. The second-order valence-corrected chi connectivity index (χ2v) is 6.52. The summed E-state index contributed by atoms with van der Waals surface area (Å²) in [6.45, 7) is 2.31. The van der Waals surface area contributed by atoms with Crippen molar-refractivity contribution in [1.82, 2.24) is 5.32 Å². The molecule has 0 aliphatic carbocycles. The van der Waals surface area contributed by atoms with Gasteiger partial charge >= 0.3 is 0 Å². The molecule has 0 saturated carbocycles. The number of thioether (sulfide) groups is 1. The van der Waals surface area contributed by atoms with Gasteiger partial charge in [0.2, 0.25) is 0 Å². The summed E-state index contributed by atoms with van der Waals surface area (Å²) in [5.74, 6) is 3.57. The normalized spacial score (nSPS) is 21.1. The van der Waals surface area contributed by atoms with Crippen LogP contribution >= 0.6 is 11.8 Å². The maximum atomic E-state index is 5.18. The number of methoxy groups -OCH3 is 1. The third-order valence-electron chi connectivity index (χ3n) is 3.71. The summed E-state index contributed by atoms with van der Waals surface area (Å²) in [6.07, 6.45) is 5.05. The number of hydrogen-bond acceptors (Lipinski definition) is 3.